The van der Waals surface area contributed by atoms with E-state index in [0.717, 1.165) is 6.54 Å². The van der Waals surface area contributed by atoms with Crippen LogP contribution in [0, 0.1) is 0 Å². The summed E-state index contributed by atoms with van der Waals surface area (Å²) in [4.78, 5) is 4.11. The largest absolute Gasteiger partial charge is 0.319 e. The highest BCUT2D eigenvalue weighted by molar-refractivity contribution is 5.24. The van der Waals surface area contributed by atoms with E-state index < -0.39 is 0 Å². The molecular weight excluding hydrogens is 184 g/mol. The van der Waals surface area contributed by atoms with Gasteiger partial charge in [0.25, 0.3) is 0 Å². The fraction of sp³-hybridized carbons (Fsp3) is 0.615. The smallest absolute Gasteiger partial charge is 0.0270 e. The first-order valence-electron chi connectivity index (χ1n) is 5.92. The molecule has 0 aromatic carbocycles. The van der Waals surface area contributed by atoms with Crippen LogP contribution in [-0.2, 0) is 5.41 Å². The number of aromatic nitrogens is 1. The number of nitrogens with one attached hydrogen (secondary N) is 1. The number of hydrogen-bond donors (Lipinski definition) is 1. The summed E-state index contributed by atoms with van der Waals surface area (Å²) in [6, 6.07) is 4.37. The van der Waals surface area contributed by atoms with E-state index in [-0.39, 0.29) is 0 Å². The summed E-state index contributed by atoms with van der Waals surface area (Å²) in [6.45, 7) is 1.09. The summed E-state index contributed by atoms with van der Waals surface area (Å²) in [5.41, 5.74) is 1.84. The molecule has 0 bridgehead atoms. The van der Waals surface area contributed by atoms with Crippen molar-refractivity contribution in [1.29, 1.82) is 0 Å². The standard InChI is InChI=1S/C13H20N2/c1-14-11-13(7-3-2-4-8-13)12-5-9-15-10-6-12/h5-6,9-10,14H,2-4,7-8,11H2,1H3. The highest BCUT2D eigenvalue weighted by Crippen LogP contribution is 2.38. The third-order valence-electron chi connectivity index (χ3n) is 3.62. The number of rotatable bonds is 3. The van der Waals surface area contributed by atoms with Gasteiger partial charge < -0.3 is 5.32 Å². The maximum absolute atomic E-state index is 4.11. The van der Waals surface area contributed by atoms with Gasteiger partial charge in [-0.2, -0.15) is 0 Å². The second-order valence-electron chi connectivity index (χ2n) is 4.61. The zero-order valence-electron chi connectivity index (χ0n) is 9.50. The third kappa shape index (κ3) is 2.20. The van der Waals surface area contributed by atoms with Crippen LogP contribution >= 0.6 is 0 Å². The summed E-state index contributed by atoms with van der Waals surface area (Å²) in [5, 5.41) is 3.36. The predicted octanol–water partition coefficient (Wildman–Crippen LogP) is 2.50. The van der Waals surface area contributed by atoms with E-state index in [9.17, 15) is 0 Å². The first-order valence-corrected chi connectivity index (χ1v) is 5.92. The highest BCUT2D eigenvalue weighted by Gasteiger charge is 2.32. The van der Waals surface area contributed by atoms with Crippen LogP contribution < -0.4 is 5.32 Å². The molecule has 0 saturated heterocycles. The summed E-state index contributed by atoms with van der Waals surface area (Å²) in [6.07, 6.45) is 10.6. The second-order valence-corrected chi connectivity index (χ2v) is 4.61. The molecule has 0 spiro atoms. The predicted molar refractivity (Wildman–Crippen MR) is 62.9 cm³/mol. The van der Waals surface area contributed by atoms with Gasteiger partial charge in [-0.3, -0.25) is 4.98 Å². The molecule has 1 aliphatic carbocycles. The number of pyridine rings is 1. The Bertz CT molecular complexity index is 283. The third-order valence-corrected chi connectivity index (χ3v) is 3.62. The second kappa shape index (κ2) is 4.75. The van der Waals surface area contributed by atoms with Crippen molar-refractivity contribution in [1.82, 2.24) is 10.3 Å². The minimum atomic E-state index is 0.371. The summed E-state index contributed by atoms with van der Waals surface area (Å²) < 4.78 is 0. The molecule has 0 unspecified atom stereocenters. The van der Waals surface area contributed by atoms with Gasteiger partial charge in [-0.05, 0) is 37.6 Å². The van der Waals surface area contributed by atoms with E-state index in [0.29, 0.717) is 5.41 Å². The Labute approximate surface area is 92.1 Å². The maximum atomic E-state index is 4.11. The quantitative estimate of drug-likeness (QED) is 0.818. The minimum Gasteiger partial charge on any atom is -0.319 e. The van der Waals surface area contributed by atoms with Gasteiger partial charge in [0.1, 0.15) is 0 Å². The van der Waals surface area contributed by atoms with Gasteiger partial charge in [-0.1, -0.05) is 19.3 Å². The molecule has 0 amide bonds. The fourth-order valence-electron chi connectivity index (χ4n) is 2.84. The highest BCUT2D eigenvalue weighted by atomic mass is 14.8. The first-order chi connectivity index (χ1) is 7.37. The lowest BCUT2D eigenvalue weighted by atomic mass is 9.69. The molecule has 1 fully saturated rings. The molecule has 82 valence electrons. The molecule has 1 aromatic rings. The van der Waals surface area contributed by atoms with Crippen LogP contribution in [-0.4, -0.2) is 18.6 Å². The van der Waals surface area contributed by atoms with Crippen molar-refractivity contribution in [3.8, 4) is 0 Å². The van der Waals surface area contributed by atoms with Crippen molar-refractivity contribution in [3.63, 3.8) is 0 Å². The summed E-state index contributed by atoms with van der Waals surface area (Å²) in [7, 11) is 2.05. The van der Waals surface area contributed by atoms with E-state index in [4.69, 9.17) is 0 Å². The van der Waals surface area contributed by atoms with E-state index in [1.807, 2.05) is 12.4 Å². The van der Waals surface area contributed by atoms with Crippen LogP contribution in [0.3, 0.4) is 0 Å². The molecule has 1 saturated carbocycles. The van der Waals surface area contributed by atoms with Crippen LogP contribution in [0.15, 0.2) is 24.5 Å². The molecule has 1 heterocycles. The number of likely N-dealkylation sites (N-methyl/N-ethyl adjacent to an activating group) is 1. The molecule has 0 atom stereocenters. The average Bonchev–Trinajstić information content (AvgIpc) is 2.32. The van der Waals surface area contributed by atoms with Crippen molar-refractivity contribution < 1.29 is 0 Å². The van der Waals surface area contributed by atoms with Crippen molar-refractivity contribution in [2.75, 3.05) is 13.6 Å². The average molecular weight is 204 g/mol. The van der Waals surface area contributed by atoms with Gasteiger partial charge in [0.05, 0.1) is 0 Å². The lowest BCUT2D eigenvalue weighted by Crippen LogP contribution is -2.38. The summed E-state index contributed by atoms with van der Waals surface area (Å²) >= 11 is 0. The van der Waals surface area contributed by atoms with Gasteiger partial charge in [0.2, 0.25) is 0 Å². The van der Waals surface area contributed by atoms with Gasteiger partial charge >= 0.3 is 0 Å². The van der Waals surface area contributed by atoms with Crippen LogP contribution in [0.2, 0.25) is 0 Å². The molecule has 1 aliphatic rings. The van der Waals surface area contributed by atoms with E-state index in [1.54, 1.807) is 0 Å². The first kappa shape index (κ1) is 10.6. The Kier molecular flexibility index (Phi) is 3.37. The maximum Gasteiger partial charge on any atom is 0.0270 e. The van der Waals surface area contributed by atoms with Crippen molar-refractivity contribution in [2.45, 2.75) is 37.5 Å². The number of nitrogens with zero attached hydrogens (tertiary/aromatic N) is 1. The Morgan fingerprint density at radius 2 is 1.87 bits per heavy atom. The lowest BCUT2D eigenvalue weighted by Gasteiger charge is -2.37. The fourth-order valence-corrected chi connectivity index (χ4v) is 2.84. The Morgan fingerprint density at radius 3 is 2.47 bits per heavy atom. The molecule has 15 heavy (non-hydrogen) atoms. The van der Waals surface area contributed by atoms with Crippen molar-refractivity contribution in [3.05, 3.63) is 30.1 Å². The molecule has 2 heteroatoms. The Morgan fingerprint density at radius 1 is 1.20 bits per heavy atom. The van der Waals surface area contributed by atoms with Crippen molar-refractivity contribution >= 4 is 0 Å². The van der Waals surface area contributed by atoms with Crippen LogP contribution in [0.4, 0.5) is 0 Å². The molecule has 0 aliphatic heterocycles. The van der Waals surface area contributed by atoms with Gasteiger partial charge in [0.15, 0.2) is 0 Å². The van der Waals surface area contributed by atoms with Crippen LogP contribution in [0.25, 0.3) is 0 Å². The molecule has 1 aromatic heterocycles. The van der Waals surface area contributed by atoms with E-state index in [1.165, 1.54) is 37.7 Å². The molecule has 2 nitrogen and oxygen atoms in total. The molecule has 0 radical (unpaired) electrons. The Hall–Kier alpha value is -0.890. The monoisotopic (exact) mass is 204 g/mol. The van der Waals surface area contributed by atoms with E-state index in [2.05, 4.69) is 29.5 Å². The Balaban J connectivity index is 2.25. The molecule has 1 N–H and O–H groups in total. The molecular formula is C13H20N2. The lowest BCUT2D eigenvalue weighted by molar-refractivity contribution is 0.286. The van der Waals surface area contributed by atoms with Gasteiger partial charge in [0, 0.05) is 24.4 Å². The minimum absolute atomic E-state index is 0.371. The van der Waals surface area contributed by atoms with E-state index >= 15 is 0 Å². The van der Waals surface area contributed by atoms with Crippen LogP contribution in [0.5, 0.6) is 0 Å². The number of hydrogen-bond acceptors (Lipinski definition) is 2. The SMILES string of the molecule is CNCC1(c2ccncc2)CCCCC1. The van der Waals surface area contributed by atoms with Gasteiger partial charge in [-0.15, -0.1) is 0 Å². The van der Waals surface area contributed by atoms with Crippen LogP contribution in [0.1, 0.15) is 37.7 Å². The molecule has 2 rings (SSSR count). The summed E-state index contributed by atoms with van der Waals surface area (Å²) in [5.74, 6) is 0. The zero-order valence-corrected chi connectivity index (χ0v) is 9.50. The topological polar surface area (TPSA) is 24.9 Å². The zero-order chi connectivity index (χ0) is 10.6. The van der Waals surface area contributed by atoms with Gasteiger partial charge in [-0.25, -0.2) is 0 Å². The normalized spacial score (nSPS) is 20.1. The van der Waals surface area contributed by atoms with Crippen molar-refractivity contribution in [2.24, 2.45) is 0 Å².